The molecule has 3 rings (SSSR count). The van der Waals surface area contributed by atoms with Crippen LogP contribution in [0.5, 0.6) is 0 Å². The third-order valence-corrected chi connectivity index (χ3v) is 4.37. The summed E-state index contributed by atoms with van der Waals surface area (Å²) in [7, 11) is 0. The molecule has 0 saturated carbocycles. The van der Waals surface area contributed by atoms with Crippen LogP contribution in [0, 0.1) is 35.3 Å². The lowest BCUT2D eigenvalue weighted by atomic mass is 10.1. The smallest absolute Gasteiger partial charge is 0.270 e. The zero-order valence-electron chi connectivity index (χ0n) is 15.8. The minimum atomic E-state index is -0.550. The van der Waals surface area contributed by atoms with E-state index in [2.05, 4.69) is 5.32 Å². The van der Waals surface area contributed by atoms with Gasteiger partial charge in [0.25, 0.3) is 11.6 Å². The van der Waals surface area contributed by atoms with E-state index in [1.165, 1.54) is 18.2 Å². The number of furan rings is 1. The normalized spacial score (nSPS) is 11.0. The Morgan fingerprint density at radius 2 is 1.90 bits per heavy atom. The van der Waals surface area contributed by atoms with E-state index in [0.29, 0.717) is 22.8 Å². The summed E-state index contributed by atoms with van der Waals surface area (Å²) in [5, 5.41) is 23.1. The summed E-state index contributed by atoms with van der Waals surface area (Å²) in [5.74, 6) is 0.155. The zero-order valence-corrected chi connectivity index (χ0v) is 15.8. The Morgan fingerprint density at radius 3 is 2.59 bits per heavy atom. The average Bonchev–Trinajstić information content (AvgIpc) is 3.16. The fourth-order valence-corrected chi connectivity index (χ4v) is 2.76. The maximum Gasteiger partial charge on any atom is 0.270 e. The van der Waals surface area contributed by atoms with Crippen LogP contribution in [0.3, 0.4) is 0 Å². The van der Waals surface area contributed by atoms with Crippen molar-refractivity contribution in [2.75, 3.05) is 5.32 Å². The van der Waals surface area contributed by atoms with Crippen molar-refractivity contribution in [2.45, 2.75) is 13.8 Å². The van der Waals surface area contributed by atoms with Crippen molar-refractivity contribution in [1.82, 2.24) is 0 Å². The number of hydrogen-bond acceptors (Lipinski definition) is 5. The maximum absolute atomic E-state index is 12.4. The Labute approximate surface area is 167 Å². The van der Waals surface area contributed by atoms with Gasteiger partial charge in [0.1, 0.15) is 23.2 Å². The molecule has 2 aromatic carbocycles. The van der Waals surface area contributed by atoms with E-state index in [1.54, 1.807) is 30.3 Å². The molecule has 144 valence electrons. The van der Waals surface area contributed by atoms with Gasteiger partial charge in [-0.3, -0.25) is 14.9 Å². The highest BCUT2D eigenvalue weighted by Crippen LogP contribution is 2.29. The summed E-state index contributed by atoms with van der Waals surface area (Å²) in [4.78, 5) is 23.0. The molecule has 0 aliphatic heterocycles. The number of anilines is 1. The molecular weight excluding hydrogens is 370 g/mol. The second-order valence-corrected chi connectivity index (χ2v) is 6.40. The number of rotatable bonds is 5. The van der Waals surface area contributed by atoms with E-state index in [1.807, 2.05) is 32.0 Å². The van der Waals surface area contributed by atoms with E-state index >= 15 is 0 Å². The SMILES string of the molecule is Cc1ccccc1NC(=O)C(C#N)=Cc1ccc(-c2cc([N+](=O)[O-])ccc2C)o1. The van der Waals surface area contributed by atoms with Crippen molar-refractivity contribution in [2.24, 2.45) is 0 Å². The van der Waals surface area contributed by atoms with Crippen LogP contribution in [0.15, 0.2) is 64.6 Å². The van der Waals surface area contributed by atoms with Gasteiger partial charge >= 0.3 is 0 Å². The summed E-state index contributed by atoms with van der Waals surface area (Å²) in [6.45, 7) is 3.67. The lowest BCUT2D eigenvalue weighted by Crippen LogP contribution is -2.14. The summed E-state index contributed by atoms with van der Waals surface area (Å²) in [6, 6.07) is 16.9. The molecule has 3 aromatic rings. The molecule has 7 heteroatoms. The van der Waals surface area contributed by atoms with Crippen LogP contribution in [-0.2, 0) is 4.79 Å². The van der Waals surface area contributed by atoms with Crippen LogP contribution in [0.1, 0.15) is 16.9 Å². The number of carbonyl (C=O) groups is 1. The lowest BCUT2D eigenvalue weighted by Gasteiger charge is -2.06. The number of nitrogens with one attached hydrogen (secondary N) is 1. The van der Waals surface area contributed by atoms with Gasteiger partial charge in [0.2, 0.25) is 0 Å². The van der Waals surface area contributed by atoms with Crippen LogP contribution in [0.4, 0.5) is 11.4 Å². The van der Waals surface area contributed by atoms with E-state index in [0.717, 1.165) is 11.1 Å². The van der Waals surface area contributed by atoms with Crippen molar-refractivity contribution >= 4 is 23.4 Å². The van der Waals surface area contributed by atoms with Crippen molar-refractivity contribution < 1.29 is 14.1 Å². The van der Waals surface area contributed by atoms with Gasteiger partial charge in [-0.25, -0.2) is 0 Å². The molecular formula is C22H17N3O4. The van der Waals surface area contributed by atoms with Gasteiger partial charge in [-0.15, -0.1) is 0 Å². The highest BCUT2D eigenvalue weighted by Gasteiger charge is 2.15. The molecule has 1 amide bonds. The van der Waals surface area contributed by atoms with Crippen LogP contribution in [0.2, 0.25) is 0 Å². The van der Waals surface area contributed by atoms with Crippen LogP contribution < -0.4 is 5.32 Å². The number of para-hydroxylation sites is 1. The molecule has 0 bridgehead atoms. The first-order chi connectivity index (χ1) is 13.9. The number of nitrogens with zero attached hydrogens (tertiary/aromatic N) is 2. The lowest BCUT2D eigenvalue weighted by molar-refractivity contribution is -0.384. The molecule has 1 N–H and O–H groups in total. The highest BCUT2D eigenvalue weighted by atomic mass is 16.6. The van der Waals surface area contributed by atoms with Gasteiger partial charge in [0.05, 0.1) is 4.92 Å². The van der Waals surface area contributed by atoms with Gasteiger partial charge in [-0.05, 0) is 43.2 Å². The van der Waals surface area contributed by atoms with Crippen molar-refractivity contribution in [3.63, 3.8) is 0 Å². The topological polar surface area (TPSA) is 109 Å². The summed E-state index contributed by atoms with van der Waals surface area (Å²) in [6.07, 6.45) is 1.34. The molecule has 0 aliphatic carbocycles. The first-order valence-corrected chi connectivity index (χ1v) is 8.73. The summed E-state index contributed by atoms with van der Waals surface area (Å²) < 4.78 is 5.71. The Hall–Kier alpha value is -4.18. The quantitative estimate of drug-likeness (QED) is 0.286. The monoisotopic (exact) mass is 387 g/mol. The number of aryl methyl sites for hydroxylation is 2. The first kappa shape index (κ1) is 19.6. The van der Waals surface area contributed by atoms with Crippen LogP contribution in [-0.4, -0.2) is 10.8 Å². The first-order valence-electron chi connectivity index (χ1n) is 8.73. The standard InChI is InChI=1S/C22H17N3O4/c1-14-7-8-17(25(27)28)12-19(14)21-10-9-18(29-21)11-16(13-23)22(26)24-20-6-4-3-5-15(20)2/h3-12H,1-2H3,(H,24,26). The van der Waals surface area contributed by atoms with Gasteiger partial charge in [-0.1, -0.05) is 24.3 Å². The van der Waals surface area contributed by atoms with E-state index in [-0.39, 0.29) is 11.3 Å². The minimum absolute atomic E-state index is 0.0468. The number of non-ortho nitro benzene ring substituents is 1. The molecule has 0 atom stereocenters. The Kier molecular flexibility index (Phi) is 5.56. The predicted molar refractivity (Wildman–Crippen MR) is 109 cm³/mol. The van der Waals surface area contributed by atoms with Crippen LogP contribution in [0.25, 0.3) is 17.4 Å². The highest BCUT2D eigenvalue weighted by molar-refractivity contribution is 6.09. The summed E-state index contributed by atoms with van der Waals surface area (Å²) >= 11 is 0. The molecule has 0 radical (unpaired) electrons. The third-order valence-electron chi connectivity index (χ3n) is 4.37. The zero-order chi connectivity index (χ0) is 21.0. The van der Waals surface area contributed by atoms with Crippen molar-refractivity contribution in [3.05, 3.63) is 87.2 Å². The number of nitro benzene ring substituents is 1. The van der Waals surface area contributed by atoms with E-state index in [4.69, 9.17) is 4.42 Å². The second kappa shape index (κ2) is 8.23. The number of amides is 1. The third kappa shape index (κ3) is 4.39. The maximum atomic E-state index is 12.4. The second-order valence-electron chi connectivity index (χ2n) is 6.40. The van der Waals surface area contributed by atoms with Gasteiger partial charge in [0, 0.05) is 29.5 Å². The molecule has 7 nitrogen and oxygen atoms in total. The van der Waals surface area contributed by atoms with E-state index < -0.39 is 10.8 Å². The average molecular weight is 387 g/mol. The number of hydrogen-bond donors (Lipinski definition) is 1. The predicted octanol–water partition coefficient (Wildman–Crippen LogP) is 5.02. The number of nitro groups is 1. The minimum Gasteiger partial charge on any atom is -0.457 e. The van der Waals surface area contributed by atoms with Gasteiger partial charge in [0.15, 0.2) is 0 Å². The Morgan fingerprint density at radius 1 is 1.14 bits per heavy atom. The largest absolute Gasteiger partial charge is 0.457 e. The van der Waals surface area contributed by atoms with E-state index in [9.17, 15) is 20.2 Å². The molecule has 1 heterocycles. The van der Waals surface area contributed by atoms with Crippen LogP contribution >= 0.6 is 0 Å². The summed E-state index contributed by atoms with van der Waals surface area (Å²) in [5.41, 5.74) is 2.70. The molecule has 0 saturated heterocycles. The van der Waals surface area contributed by atoms with Crippen molar-refractivity contribution in [3.8, 4) is 17.4 Å². The number of nitriles is 1. The Balaban J connectivity index is 1.87. The number of benzene rings is 2. The number of carbonyl (C=O) groups excluding carboxylic acids is 1. The fraction of sp³-hybridized carbons (Fsp3) is 0.0909. The Bertz CT molecular complexity index is 1170. The molecule has 29 heavy (non-hydrogen) atoms. The fourth-order valence-electron chi connectivity index (χ4n) is 2.76. The molecule has 0 aliphatic rings. The van der Waals surface area contributed by atoms with Gasteiger partial charge < -0.3 is 9.73 Å². The molecule has 0 fully saturated rings. The van der Waals surface area contributed by atoms with Gasteiger partial charge in [-0.2, -0.15) is 5.26 Å². The molecule has 1 aromatic heterocycles. The molecule has 0 unspecified atom stereocenters. The molecule has 0 spiro atoms. The van der Waals surface area contributed by atoms with Crippen molar-refractivity contribution in [1.29, 1.82) is 5.26 Å².